The topological polar surface area (TPSA) is 88.0 Å². The SMILES string of the molecule is [3H]c1csc(OCc2c(-n3nnn(C)c3=O)coc2F)n1. The van der Waals surface area contributed by atoms with Gasteiger partial charge in [0.2, 0.25) is 0 Å². The molecule has 3 aromatic rings. The molecule has 0 radical (unpaired) electrons. The lowest BCUT2D eigenvalue weighted by atomic mass is 10.3. The Morgan fingerprint density at radius 3 is 3.10 bits per heavy atom. The number of hydrogen-bond donors (Lipinski definition) is 0. The molecule has 20 heavy (non-hydrogen) atoms. The minimum absolute atomic E-state index is 0.0133. The van der Waals surface area contributed by atoms with Crippen molar-refractivity contribution in [2.24, 2.45) is 7.05 Å². The first-order valence-corrected chi connectivity index (χ1v) is 6.24. The summed E-state index contributed by atoms with van der Waals surface area (Å²) >= 11 is 1.11. The van der Waals surface area contributed by atoms with E-state index in [1.54, 1.807) is 0 Å². The monoisotopic (exact) mass is 299 g/mol. The zero-order valence-corrected chi connectivity index (χ0v) is 10.9. The van der Waals surface area contributed by atoms with Gasteiger partial charge in [-0.1, -0.05) is 11.3 Å². The van der Waals surface area contributed by atoms with Crippen molar-refractivity contribution in [2.45, 2.75) is 6.61 Å². The highest BCUT2D eigenvalue weighted by Crippen LogP contribution is 2.22. The third-order valence-electron chi connectivity index (χ3n) is 2.48. The quantitative estimate of drug-likeness (QED) is 0.706. The lowest BCUT2D eigenvalue weighted by Gasteiger charge is -2.02. The molecule has 104 valence electrons. The van der Waals surface area contributed by atoms with Crippen LogP contribution in [0.4, 0.5) is 4.39 Å². The highest BCUT2D eigenvalue weighted by molar-refractivity contribution is 7.11. The van der Waals surface area contributed by atoms with Crippen molar-refractivity contribution in [3.8, 4) is 10.9 Å². The van der Waals surface area contributed by atoms with Crippen LogP contribution in [-0.2, 0) is 13.7 Å². The van der Waals surface area contributed by atoms with Crippen LogP contribution in [0.1, 0.15) is 6.93 Å². The highest BCUT2D eigenvalue weighted by atomic mass is 32.1. The lowest BCUT2D eigenvalue weighted by Crippen LogP contribution is -2.22. The first kappa shape index (κ1) is 11.3. The van der Waals surface area contributed by atoms with Crippen molar-refractivity contribution in [2.75, 3.05) is 0 Å². The second kappa shape index (κ2) is 4.89. The molecule has 0 aliphatic carbocycles. The summed E-state index contributed by atoms with van der Waals surface area (Å²) in [6, 6.07) is -0.884. The summed E-state index contributed by atoms with van der Waals surface area (Å²) < 4.78 is 32.8. The fourth-order valence-corrected chi connectivity index (χ4v) is 1.94. The predicted octanol–water partition coefficient (Wildman–Crippen LogP) is 0.734. The molecule has 0 saturated heterocycles. The van der Waals surface area contributed by atoms with Gasteiger partial charge >= 0.3 is 5.69 Å². The van der Waals surface area contributed by atoms with Crippen LogP contribution in [0.15, 0.2) is 27.0 Å². The molecule has 0 spiro atoms. The van der Waals surface area contributed by atoms with Crippen LogP contribution in [0, 0.1) is 6.01 Å². The Kier molecular flexibility index (Phi) is 2.77. The number of rotatable bonds is 4. The smallest absolute Gasteiger partial charge is 0.368 e. The number of tetrazole rings is 1. The van der Waals surface area contributed by atoms with Crippen LogP contribution in [0.2, 0.25) is 0 Å². The van der Waals surface area contributed by atoms with Crippen LogP contribution < -0.4 is 10.4 Å². The summed E-state index contributed by atoms with van der Waals surface area (Å²) in [4.78, 5) is 15.5. The van der Waals surface area contributed by atoms with Gasteiger partial charge in [-0.2, -0.15) is 13.8 Å². The van der Waals surface area contributed by atoms with Crippen molar-refractivity contribution in [1.29, 1.82) is 0 Å². The minimum Gasteiger partial charge on any atom is -0.465 e. The Labute approximate surface area is 116 Å². The first-order valence-electron chi connectivity index (χ1n) is 5.86. The average Bonchev–Trinajstić information content (AvgIpc) is 3.11. The second-order valence-corrected chi connectivity index (χ2v) is 4.52. The molecule has 0 aliphatic rings. The fourth-order valence-electron chi connectivity index (χ4n) is 1.51. The summed E-state index contributed by atoms with van der Waals surface area (Å²) in [5.41, 5.74) is -0.424. The van der Waals surface area contributed by atoms with E-state index in [9.17, 15) is 9.18 Å². The normalized spacial score (nSPS) is 11.6. The zero-order chi connectivity index (χ0) is 15.0. The highest BCUT2D eigenvalue weighted by Gasteiger charge is 2.19. The molecular formula is C10H8FN5O3S. The first-order chi connectivity index (χ1) is 10.1. The molecule has 0 aliphatic heterocycles. The standard InChI is InChI=1S/C10H8FN5O3S/c1-15-10(17)16(14-13-15)7-5-18-8(11)6(7)4-19-9-12-2-3-20-9/h2-3,5H,4H2,1H3/i2T. The van der Waals surface area contributed by atoms with E-state index < -0.39 is 11.7 Å². The Hall–Kier alpha value is -2.49. The molecular weight excluding hydrogens is 289 g/mol. The van der Waals surface area contributed by atoms with E-state index in [2.05, 4.69) is 19.8 Å². The van der Waals surface area contributed by atoms with Gasteiger partial charge in [-0.15, -0.1) is 0 Å². The third kappa shape index (κ3) is 2.09. The van der Waals surface area contributed by atoms with E-state index in [1.165, 1.54) is 12.4 Å². The molecule has 3 heterocycles. The van der Waals surface area contributed by atoms with Gasteiger partial charge < -0.3 is 9.15 Å². The molecule has 0 unspecified atom stereocenters. The molecule has 0 fully saturated rings. The number of nitrogens with zero attached hydrogens (tertiary/aromatic N) is 5. The summed E-state index contributed by atoms with van der Waals surface area (Å²) in [5, 5.41) is 8.85. The average molecular weight is 299 g/mol. The van der Waals surface area contributed by atoms with E-state index >= 15 is 0 Å². The van der Waals surface area contributed by atoms with Gasteiger partial charge in [-0.25, -0.2) is 9.78 Å². The Morgan fingerprint density at radius 1 is 1.60 bits per heavy atom. The summed E-state index contributed by atoms with van der Waals surface area (Å²) in [6.45, 7) is -0.215. The van der Waals surface area contributed by atoms with E-state index in [0.717, 1.165) is 27.0 Å². The maximum atomic E-state index is 13.7. The van der Waals surface area contributed by atoms with Gasteiger partial charge in [0.25, 0.3) is 11.2 Å². The van der Waals surface area contributed by atoms with E-state index in [0.29, 0.717) is 0 Å². The largest absolute Gasteiger partial charge is 0.465 e. The van der Waals surface area contributed by atoms with E-state index in [4.69, 9.17) is 6.11 Å². The number of aryl methyl sites for hydroxylation is 1. The summed E-state index contributed by atoms with van der Waals surface area (Å²) in [7, 11) is 1.42. The van der Waals surface area contributed by atoms with Crippen molar-refractivity contribution in [3.05, 3.63) is 39.9 Å². The van der Waals surface area contributed by atoms with Gasteiger partial charge in [0.05, 0.1) is 6.93 Å². The lowest BCUT2D eigenvalue weighted by molar-refractivity contribution is 0.280. The van der Waals surface area contributed by atoms with Gasteiger partial charge in [-0.3, -0.25) is 0 Å². The van der Waals surface area contributed by atoms with Crippen LogP contribution >= 0.6 is 11.3 Å². The number of halogens is 1. The van der Waals surface area contributed by atoms with Crippen molar-refractivity contribution >= 4 is 11.3 Å². The molecule has 0 amide bonds. The maximum absolute atomic E-state index is 13.7. The van der Waals surface area contributed by atoms with Crippen molar-refractivity contribution < 1.29 is 14.9 Å². The van der Waals surface area contributed by atoms with Crippen LogP contribution in [0.3, 0.4) is 0 Å². The van der Waals surface area contributed by atoms with Gasteiger partial charge in [-0.05, 0) is 10.4 Å². The molecule has 0 atom stereocenters. The van der Waals surface area contributed by atoms with E-state index in [1.807, 2.05) is 0 Å². The van der Waals surface area contributed by atoms with Crippen LogP contribution in [0.5, 0.6) is 5.19 Å². The summed E-state index contributed by atoms with van der Waals surface area (Å²) in [6.07, 6.45) is 1.12. The van der Waals surface area contributed by atoms with Crippen molar-refractivity contribution in [1.82, 2.24) is 24.8 Å². The Morgan fingerprint density at radius 2 is 2.45 bits per heavy atom. The number of thiazole rings is 1. The van der Waals surface area contributed by atoms with Crippen molar-refractivity contribution in [3.63, 3.8) is 0 Å². The Balaban J connectivity index is 1.90. The second-order valence-electron chi connectivity index (χ2n) is 3.70. The molecule has 3 aromatic heterocycles. The number of furan rings is 1. The van der Waals surface area contributed by atoms with Crippen LogP contribution in [-0.4, -0.2) is 24.8 Å². The van der Waals surface area contributed by atoms with Crippen LogP contribution in [0.25, 0.3) is 5.69 Å². The molecule has 3 rings (SSSR count). The minimum atomic E-state index is -0.884. The molecule has 8 nitrogen and oxygen atoms in total. The third-order valence-corrected chi connectivity index (χ3v) is 3.11. The van der Waals surface area contributed by atoms with Gasteiger partial charge in [0.1, 0.15) is 18.6 Å². The molecule has 10 heteroatoms. The molecule has 0 saturated carbocycles. The molecule has 0 aromatic carbocycles. The number of hydrogen-bond acceptors (Lipinski definition) is 7. The number of aromatic nitrogens is 5. The zero-order valence-electron chi connectivity index (χ0n) is 11.1. The fraction of sp³-hybridized carbons (Fsp3) is 0.200. The van der Waals surface area contributed by atoms with Gasteiger partial charge in [0, 0.05) is 18.6 Å². The maximum Gasteiger partial charge on any atom is 0.368 e. The number of ether oxygens (including phenoxy) is 1. The Bertz CT molecular complexity index is 838. The molecule has 0 bridgehead atoms. The van der Waals surface area contributed by atoms with E-state index in [-0.39, 0.29) is 29.2 Å². The van der Waals surface area contributed by atoms with Gasteiger partial charge in [0.15, 0.2) is 0 Å². The molecule has 0 N–H and O–H groups in total. The summed E-state index contributed by atoms with van der Waals surface area (Å²) in [5.74, 6) is 0. The predicted molar refractivity (Wildman–Crippen MR) is 65.3 cm³/mol.